The van der Waals surface area contributed by atoms with Crippen LogP contribution < -0.4 is 5.11 Å². The number of hydrogen-bond acceptors (Lipinski definition) is 4. The molecule has 1 aromatic rings. The molecule has 1 aliphatic rings. The molecule has 0 aromatic heterocycles. The second-order valence-electron chi connectivity index (χ2n) is 6.47. The first-order chi connectivity index (χ1) is 10.2. The molecule has 6 heteroatoms. The molecule has 2 rings (SSSR count). The molecule has 0 radical (unpaired) electrons. The number of carbonyl (C=O) groups is 2. The van der Waals surface area contributed by atoms with Gasteiger partial charge in [-0.3, -0.25) is 0 Å². The lowest BCUT2D eigenvalue weighted by Gasteiger charge is -2.24. The predicted molar refractivity (Wildman–Crippen MR) is 75.4 cm³/mol. The molecule has 0 unspecified atom stereocenters. The van der Waals surface area contributed by atoms with E-state index in [0.717, 1.165) is 0 Å². The van der Waals surface area contributed by atoms with Crippen LogP contribution in [0.5, 0.6) is 0 Å². The van der Waals surface area contributed by atoms with E-state index in [-0.39, 0.29) is 13.1 Å². The van der Waals surface area contributed by atoms with E-state index in [1.165, 1.54) is 29.2 Å². The minimum Gasteiger partial charge on any atom is -0.550 e. The lowest BCUT2D eigenvalue weighted by molar-refractivity contribution is -0.311. The molecule has 0 N–H and O–H groups in total. The molecular formula is C16H19FNO4-. The van der Waals surface area contributed by atoms with Gasteiger partial charge >= 0.3 is 6.09 Å². The Kier molecular flexibility index (Phi) is 4.39. The zero-order valence-corrected chi connectivity index (χ0v) is 12.8. The van der Waals surface area contributed by atoms with Gasteiger partial charge in [0.25, 0.3) is 0 Å². The lowest BCUT2D eigenvalue weighted by Crippen LogP contribution is -2.38. The van der Waals surface area contributed by atoms with E-state index in [1.54, 1.807) is 20.8 Å². The first-order valence-electron chi connectivity index (χ1n) is 7.11. The zero-order valence-electron chi connectivity index (χ0n) is 12.8. The Labute approximate surface area is 128 Å². The van der Waals surface area contributed by atoms with Gasteiger partial charge in [-0.15, -0.1) is 0 Å². The third kappa shape index (κ3) is 3.75. The van der Waals surface area contributed by atoms with Gasteiger partial charge in [0.05, 0.1) is 0 Å². The lowest BCUT2D eigenvalue weighted by atomic mass is 9.89. The molecule has 1 fully saturated rings. The monoisotopic (exact) mass is 308 g/mol. The van der Waals surface area contributed by atoms with Gasteiger partial charge in [-0.1, -0.05) is 12.1 Å². The van der Waals surface area contributed by atoms with Crippen LogP contribution in [-0.4, -0.2) is 35.7 Å². The van der Waals surface area contributed by atoms with Crippen molar-refractivity contribution < 1.29 is 23.8 Å². The van der Waals surface area contributed by atoms with Crippen LogP contribution in [0.2, 0.25) is 0 Å². The highest BCUT2D eigenvalue weighted by molar-refractivity contribution is 5.74. The SMILES string of the molecule is CC(C)(C)OC(=O)N1C[C@@H](C(=O)[O-])[C@H](c2ccc(F)cc2)C1. The Morgan fingerprint density at radius 2 is 1.82 bits per heavy atom. The topological polar surface area (TPSA) is 69.7 Å². The molecule has 1 aromatic carbocycles. The quantitative estimate of drug-likeness (QED) is 0.831. The zero-order chi connectivity index (χ0) is 16.5. The Hall–Kier alpha value is -2.11. The maximum atomic E-state index is 13.0. The van der Waals surface area contributed by atoms with Gasteiger partial charge in [0.1, 0.15) is 11.4 Å². The third-order valence-corrected chi connectivity index (χ3v) is 3.57. The van der Waals surface area contributed by atoms with Crippen molar-refractivity contribution in [3.63, 3.8) is 0 Å². The third-order valence-electron chi connectivity index (χ3n) is 3.57. The van der Waals surface area contributed by atoms with Gasteiger partial charge in [-0.25, -0.2) is 9.18 Å². The van der Waals surface area contributed by atoms with Crippen LogP contribution in [-0.2, 0) is 9.53 Å². The van der Waals surface area contributed by atoms with Gasteiger partial charge in [-0.2, -0.15) is 0 Å². The molecule has 0 aliphatic carbocycles. The van der Waals surface area contributed by atoms with Crippen LogP contribution in [0.1, 0.15) is 32.3 Å². The van der Waals surface area contributed by atoms with Crippen molar-refractivity contribution in [3.05, 3.63) is 35.6 Å². The Bertz CT molecular complexity index is 565. The second-order valence-corrected chi connectivity index (χ2v) is 6.47. The summed E-state index contributed by atoms with van der Waals surface area (Å²) in [6, 6.07) is 5.62. The van der Waals surface area contributed by atoms with Crippen molar-refractivity contribution in [3.8, 4) is 0 Å². The van der Waals surface area contributed by atoms with Crippen molar-refractivity contribution in [2.24, 2.45) is 5.92 Å². The maximum absolute atomic E-state index is 13.0. The van der Waals surface area contributed by atoms with Crippen LogP contribution in [0.4, 0.5) is 9.18 Å². The summed E-state index contributed by atoms with van der Waals surface area (Å²) in [6.45, 7) is 5.47. The van der Waals surface area contributed by atoms with Crippen LogP contribution in [0, 0.1) is 11.7 Å². The molecule has 0 spiro atoms. The minimum atomic E-state index is -1.22. The highest BCUT2D eigenvalue weighted by Gasteiger charge is 2.38. The molecule has 22 heavy (non-hydrogen) atoms. The van der Waals surface area contributed by atoms with Crippen LogP contribution in [0.3, 0.4) is 0 Å². The van der Waals surface area contributed by atoms with E-state index >= 15 is 0 Å². The van der Waals surface area contributed by atoms with E-state index in [9.17, 15) is 19.1 Å². The first-order valence-corrected chi connectivity index (χ1v) is 7.11. The number of carboxylic acid groups (broad SMARTS) is 1. The van der Waals surface area contributed by atoms with E-state index in [4.69, 9.17) is 4.74 Å². The van der Waals surface area contributed by atoms with Crippen molar-refractivity contribution in [1.82, 2.24) is 4.90 Å². The van der Waals surface area contributed by atoms with Gasteiger partial charge in [0.2, 0.25) is 0 Å². The molecular weight excluding hydrogens is 289 g/mol. The minimum absolute atomic E-state index is 0.0271. The summed E-state index contributed by atoms with van der Waals surface area (Å²) in [5.74, 6) is -2.88. The first kappa shape index (κ1) is 16.3. The van der Waals surface area contributed by atoms with Gasteiger partial charge < -0.3 is 19.5 Å². The van der Waals surface area contributed by atoms with Crippen molar-refractivity contribution in [2.75, 3.05) is 13.1 Å². The molecule has 5 nitrogen and oxygen atoms in total. The number of halogens is 1. The largest absolute Gasteiger partial charge is 0.550 e. The van der Waals surface area contributed by atoms with Crippen molar-refractivity contribution >= 4 is 12.1 Å². The smallest absolute Gasteiger partial charge is 0.410 e. The van der Waals surface area contributed by atoms with Crippen molar-refractivity contribution in [2.45, 2.75) is 32.3 Å². The fraction of sp³-hybridized carbons (Fsp3) is 0.500. The number of amides is 1. The van der Waals surface area contributed by atoms with E-state index in [1.807, 2.05) is 0 Å². The second kappa shape index (κ2) is 5.94. The maximum Gasteiger partial charge on any atom is 0.410 e. The number of carbonyl (C=O) groups excluding carboxylic acids is 2. The average molecular weight is 308 g/mol. The summed E-state index contributed by atoms with van der Waals surface area (Å²) < 4.78 is 18.3. The molecule has 1 amide bonds. The molecule has 1 aliphatic heterocycles. The highest BCUT2D eigenvalue weighted by Crippen LogP contribution is 2.33. The molecule has 0 saturated carbocycles. The van der Waals surface area contributed by atoms with E-state index in [0.29, 0.717) is 5.56 Å². The Morgan fingerprint density at radius 3 is 2.32 bits per heavy atom. The molecule has 1 saturated heterocycles. The summed E-state index contributed by atoms with van der Waals surface area (Å²) >= 11 is 0. The van der Waals surface area contributed by atoms with Crippen molar-refractivity contribution in [1.29, 1.82) is 0 Å². The van der Waals surface area contributed by atoms with Gasteiger partial charge in [0.15, 0.2) is 0 Å². The number of likely N-dealkylation sites (tertiary alicyclic amines) is 1. The number of benzene rings is 1. The number of rotatable bonds is 2. The number of nitrogens with zero attached hydrogens (tertiary/aromatic N) is 1. The fourth-order valence-corrected chi connectivity index (χ4v) is 2.57. The molecule has 0 bridgehead atoms. The van der Waals surface area contributed by atoms with Crippen LogP contribution in [0.15, 0.2) is 24.3 Å². The normalized spacial score (nSPS) is 21.7. The Morgan fingerprint density at radius 1 is 1.23 bits per heavy atom. The number of aliphatic carboxylic acids is 1. The summed E-state index contributed by atoms with van der Waals surface area (Å²) in [4.78, 5) is 24.8. The van der Waals surface area contributed by atoms with Crippen LogP contribution >= 0.6 is 0 Å². The molecule has 2 atom stereocenters. The molecule has 120 valence electrons. The van der Waals surface area contributed by atoms with E-state index < -0.39 is 35.3 Å². The average Bonchev–Trinajstić information content (AvgIpc) is 2.83. The summed E-state index contributed by atoms with van der Waals surface area (Å²) in [5.41, 5.74) is 0.0174. The van der Waals surface area contributed by atoms with Crippen LogP contribution in [0.25, 0.3) is 0 Å². The molecule has 1 heterocycles. The Balaban J connectivity index is 2.18. The number of hydrogen-bond donors (Lipinski definition) is 0. The fourth-order valence-electron chi connectivity index (χ4n) is 2.57. The van der Waals surface area contributed by atoms with Gasteiger partial charge in [-0.05, 0) is 38.5 Å². The summed E-state index contributed by atoms with van der Waals surface area (Å²) in [6.07, 6.45) is -0.552. The summed E-state index contributed by atoms with van der Waals surface area (Å²) in [7, 11) is 0. The predicted octanol–water partition coefficient (Wildman–Crippen LogP) is 1.53. The van der Waals surface area contributed by atoms with E-state index in [2.05, 4.69) is 0 Å². The van der Waals surface area contributed by atoms with Gasteiger partial charge in [0, 0.05) is 30.9 Å². The standard InChI is InChI=1S/C16H20FNO4/c1-16(2,3)22-15(21)18-8-12(13(9-18)14(19)20)10-4-6-11(17)7-5-10/h4-7,12-13H,8-9H2,1-3H3,(H,19,20)/p-1/t12-,13+/m0/s1. The summed E-state index contributed by atoms with van der Waals surface area (Å²) in [5, 5.41) is 11.3. The number of ether oxygens (including phenoxy) is 1. The highest BCUT2D eigenvalue weighted by atomic mass is 19.1. The number of carboxylic acids is 1.